The Morgan fingerprint density at radius 2 is 1.68 bits per heavy atom. The predicted octanol–water partition coefficient (Wildman–Crippen LogP) is 5.07. The number of carbonyl (C=O) groups excluding carboxylic acids is 1. The number of sulfonamides is 1. The molecule has 2 aromatic carbocycles. The van der Waals surface area contributed by atoms with Crippen LogP contribution < -0.4 is 5.32 Å². The fourth-order valence-electron chi connectivity index (χ4n) is 2.40. The zero-order valence-electron chi connectivity index (χ0n) is 15.9. The van der Waals surface area contributed by atoms with Gasteiger partial charge in [-0.15, -0.1) is 11.8 Å². The highest BCUT2D eigenvalue weighted by Crippen LogP contribution is 2.33. The minimum absolute atomic E-state index is 0.0493. The molecular weight excluding hydrogens is 439 g/mol. The molecule has 0 bridgehead atoms. The number of amides is 1. The molecule has 28 heavy (non-hydrogen) atoms. The second-order valence-corrected chi connectivity index (χ2v) is 11.0. The molecule has 0 aliphatic heterocycles. The van der Waals surface area contributed by atoms with E-state index < -0.39 is 10.0 Å². The summed E-state index contributed by atoms with van der Waals surface area (Å²) < 4.78 is 25.8. The monoisotopic (exact) mass is 460 g/mol. The number of halogens is 2. The Morgan fingerprint density at radius 3 is 2.25 bits per heavy atom. The summed E-state index contributed by atoms with van der Waals surface area (Å²) in [6, 6.07) is 11.9. The Hall–Kier alpha value is -1.25. The van der Waals surface area contributed by atoms with Crippen molar-refractivity contribution in [3.8, 4) is 0 Å². The van der Waals surface area contributed by atoms with E-state index in [4.69, 9.17) is 23.2 Å². The van der Waals surface area contributed by atoms with Crippen molar-refractivity contribution in [1.82, 2.24) is 4.31 Å². The molecule has 0 saturated heterocycles. The van der Waals surface area contributed by atoms with Gasteiger partial charge in [-0.3, -0.25) is 4.79 Å². The van der Waals surface area contributed by atoms with Crippen LogP contribution in [0.25, 0.3) is 0 Å². The van der Waals surface area contributed by atoms with E-state index in [9.17, 15) is 13.2 Å². The van der Waals surface area contributed by atoms with Gasteiger partial charge in [0.05, 0.1) is 10.3 Å². The molecule has 0 aliphatic rings. The molecular formula is C19H22Cl2N2O3S2. The molecule has 2 unspecified atom stereocenters. The molecule has 2 atom stereocenters. The van der Waals surface area contributed by atoms with E-state index in [0.717, 1.165) is 9.87 Å². The molecule has 1 N–H and O–H groups in total. The number of nitrogens with one attached hydrogen (secondary N) is 1. The summed E-state index contributed by atoms with van der Waals surface area (Å²) in [6.45, 7) is 3.82. The van der Waals surface area contributed by atoms with Crippen LogP contribution in [0.1, 0.15) is 24.7 Å². The molecule has 2 rings (SSSR count). The fraction of sp³-hybridized carbons (Fsp3) is 0.316. The first-order valence-electron chi connectivity index (χ1n) is 8.46. The first-order chi connectivity index (χ1) is 13.0. The number of anilines is 1. The normalized spacial score (nSPS) is 14.0. The highest BCUT2D eigenvalue weighted by molar-refractivity contribution is 8.00. The van der Waals surface area contributed by atoms with E-state index in [2.05, 4.69) is 5.32 Å². The maximum absolute atomic E-state index is 12.6. The Kier molecular flexibility index (Phi) is 7.81. The van der Waals surface area contributed by atoms with Crippen molar-refractivity contribution in [3.63, 3.8) is 0 Å². The van der Waals surface area contributed by atoms with E-state index in [-0.39, 0.29) is 26.3 Å². The lowest BCUT2D eigenvalue weighted by Gasteiger charge is -2.18. The Morgan fingerprint density at radius 1 is 1.07 bits per heavy atom. The van der Waals surface area contributed by atoms with E-state index >= 15 is 0 Å². The average Bonchev–Trinajstić information content (AvgIpc) is 2.63. The number of benzene rings is 2. The van der Waals surface area contributed by atoms with Crippen LogP contribution in [-0.4, -0.2) is 38.0 Å². The van der Waals surface area contributed by atoms with Gasteiger partial charge in [-0.2, -0.15) is 0 Å². The van der Waals surface area contributed by atoms with Crippen molar-refractivity contribution in [2.75, 3.05) is 19.4 Å². The number of hydrogen-bond acceptors (Lipinski definition) is 4. The number of hydrogen-bond donors (Lipinski definition) is 1. The summed E-state index contributed by atoms with van der Waals surface area (Å²) in [4.78, 5) is 12.5. The van der Waals surface area contributed by atoms with Crippen molar-refractivity contribution in [3.05, 3.63) is 58.1 Å². The SMILES string of the molecule is CC(SC(C)c1ccc(Cl)cc1)C(=O)Nc1ccc(Cl)c(S(=O)(=O)N(C)C)c1. The van der Waals surface area contributed by atoms with Crippen LogP contribution >= 0.6 is 35.0 Å². The number of rotatable bonds is 7. The van der Waals surface area contributed by atoms with Crippen molar-refractivity contribution in [2.24, 2.45) is 0 Å². The van der Waals surface area contributed by atoms with Crippen molar-refractivity contribution >= 4 is 56.6 Å². The molecule has 0 fully saturated rings. The lowest BCUT2D eigenvalue weighted by molar-refractivity contribution is -0.115. The molecule has 0 spiro atoms. The van der Waals surface area contributed by atoms with E-state index in [1.165, 1.54) is 38.0 Å². The molecule has 2 aromatic rings. The second kappa shape index (κ2) is 9.50. The van der Waals surface area contributed by atoms with Gasteiger partial charge < -0.3 is 5.32 Å². The zero-order chi connectivity index (χ0) is 21.1. The van der Waals surface area contributed by atoms with E-state index in [0.29, 0.717) is 10.7 Å². The van der Waals surface area contributed by atoms with Crippen LogP contribution in [0.2, 0.25) is 10.0 Å². The van der Waals surface area contributed by atoms with Crippen LogP contribution in [0.5, 0.6) is 0 Å². The van der Waals surface area contributed by atoms with Gasteiger partial charge in [-0.1, -0.05) is 35.3 Å². The van der Waals surface area contributed by atoms with Gasteiger partial charge in [0, 0.05) is 30.1 Å². The van der Waals surface area contributed by atoms with E-state index in [1.807, 2.05) is 31.2 Å². The van der Waals surface area contributed by atoms with Crippen molar-refractivity contribution < 1.29 is 13.2 Å². The first kappa shape index (κ1) is 23.0. The van der Waals surface area contributed by atoms with Crippen LogP contribution in [0, 0.1) is 0 Å². The lowest BCUT2D eigenvalue weighted by Crippen LogP contribution is -2.24. The Balaban J connectivity index is 2.10. The molecule has 0 aromatic heterocycles. The number of nitrogens with zero attached hydrogens (tertiary/aromatic N) is 1. The molecule has 1 amide bonds. The van der Waals surface area contributed by atoms with Crippen LogP contribution in [-0.2, 0) is 14.8 Å². The standard InChI is InChI=1S/C19H22Cl2N2O3S2/c1-12(14-5-7-15(20)8-6-14)27-13(2)19(24)22-16-9-10-17(21)18(11-16)28(25,26)23(3)4/h5-13H,1-4H3,(H,22,24). The maximum Gasteiger partial charge on any atom is 0.244 e. The molecule has 0 saturated carbocycles. The molecule has 0 aliphatic carbocycles. The maximum atomic E-state index is 12.6. The van der Waals surface area contributed by atoms with Crippen molar-refractivity contribution in [2.45, 2.75) is 29.2 Å². The molecule has 0 heterocycles. The minimum atomic E-state index is -3.71. The third-order valence-corrected chi connectivity index (χ3v) is 7.93. The quantitative estimate of drug-likeness (QED) is 0.626. The number of thioether (sulfide) groups is 1. The van der Waals surface area contributed by atoms with Gasteiger partial charge in [-0.25, -0.2) is 12.7 Å². The highest BCUT2D eigenvalue weighted by atomic mass is 35.5. The van der Waals surface area contributed by atoms with Gasteiger partial charge in [-0.05, 0) is 49.7 Å². The molecule has 5 nitrogen and oxygen atoms in total. The molecule has 9 heteroatoms. The Bertz CT molecular complexity index is 948. The number of carbonyl (C=O) groups is 1. The lowest BCUT2D eigenvalue weighted by atomic mass is 10.2. The summed E-state index contributed by atoms with van der Waals surface area (Å²) in [5.41, 5.74) is 1.45. The highest BCUT2D eigenvalue weighted by Gasteiger charge is 2.23. The zero-order valence-corrected chi connectivity index (χ0v) is 19.1. The van der Waals surface area contributed by atoms with Gasteiger partial charge >= 0.3 is 0 Å². The van der Waals surface area contributed by atoms with E-state index in [1.54, 1.807) is 13.0 Å². The van der Waals surface area contributed by atoms with Crippen molar-refractivity contribution in [1.29, 1.82) is 0 Å². The molecule has 0 radical (unpaired) electrons. The van der Waals surface area contributed by atoms with Crippen LogP contribution in [0.3, 0.4) is 0 Å². The third-order valence-electron chi connectivity index (χ3n) is 4.07. The van der Waals surface area contributed by atoms with Crippen LogP contribution in [0.15, 0.2) is 47.4 Å². The summed E-state index contributed by atoms with van der Waals surface area (Å²) in [5, 5.41) is 3.27. The second-order valence-electron chi connectivity index (χ2n) is 6.39. The van der Waals surface area contributed by atoms with Gasteiger partial charge in [0.1, 0.15) is 4.90 Å². The summed E-state index contributed by atoms with van der Waals surface area (Å²) >= 11 is 13.4. The van der Waals surface area contributed by atoms with Crippen LogP contribution in [0.4, 0.5) is 5.69 Å². The molecule has 152 valence electrons. The topological polar surface area (TPSA) is 66.5 Å². The summed E-state index contributed by atoms with van der Waals surface area (Å²) in [5.74, 6) is -0.221. The summed E-state index contributed by atoms with van der Waals surface area (Å²) in [7, 11) is -0.862. The predicted molar refractivity (Wildman–Crippen MR) is 118 cm³/mol. The van der Waals surface area contributed by atoms with Gasteiger partial charge in [0.25, 0.3) is 0 Å². The summed E-state index contributed by atoms with van der Waals surface area (Å²) in [6.07, 6.45) is 0. The van der Waals surface area contributed by atoms with Gasteiger partial charge in [0.2, 0.25) is 15.9 Å². The third kappa shape index (κ3) is 5.64. The average molecular weight is 461 g/mol. The Labute approximate surface area is 180 Å². The minimum Gasteiger partial charge on any atom is -0.325 e. The first-order valence-corrected chi connectivity index (χ1v) is 11.6. The van der Waals surface area contributed by atoms with Gasteiger partial charge in [0.15, 0.2) is 0 Å². The fourth-order valence-corrected chi connectivity index (χ4v) is 5.03. The largest absolute Gasteiger partial charge is 0.325 e. The smallest absolute Gasteiger partial charge is 0.244 e.